The van der Waals surface area contributed by atoms with Crippen LogP contribution in [-0.4, -0.2) is 28.8 Å². The first-order valence-corrected chi connectivity index (χ1v) is 11.2. The summed E-state index contributed by atoms with van der Waals surface area (Å²) in [6.45, 7) is 12.0. The molecule has 1 amide bonds. The molecule has 0 radical (unpaired) electrons. The van der Waals surface area contributed by atoms with Crippen LogP contribution in [-0.2, 0) is 4.79 Å². The minimum absolute atomic E-state index is 0.100. The number of benzene rings is 1. The van der Waals surface area contributed by atoms with Gasteiger partial charge >= 0.3 is 0 Å². The van der Waals surface area contributed by atoms with Crippen LogP contribution in [0.4, 0.5) is 0 Å². The van der Waals surface area contributed by atoms with Crippen LogP contribution in [0.3, 0.4) is 0 Å². The summed E-state index contributed by atoms with van der Waals surface area (Å²) in [4.78, 5) is 12.1. The molecule has 0 aliphatic heterocycles. The second kappa shape index (κ2) is 10.8. The third-order valence-electron chi connectivity index (χ3n) is 5.81. The first-order valence-electron chi connectivity index (χ1n) is 11.2. The van der Waals surface area contributed by atoms with Crippen molar-refractivity contribution in [2.24, 2.45) is 0 Å². The molecule has 164 valence electrons. The van der Waals surface area contributed by atoms with Gasteiger partial charge in [0.15, 0.2) is 0 Å². The van der Waals surface area contributed by atoms with Crippen molar-refractivity contribution in [2.75, 3.05) is 13.1 Å². The molecule has 1 heterocycles. The van der Waals surface area contributed by atoms with Gasteiger partial charge in [-0.15, -0.1) is 0 Å². The SMILES string of the molecule is C=C(/C=C(/NCCCCNC(=O)C1=CCCC1)n1ncc(C)c1C)c1ccccc1C. The maximum absolute atomic E-state index is 12.1. The van der Waals surface area contributed by atoms with Crippen molar-refractivity contribution >= 4 is 17.3 Å². The van der Waals surface area contributed by atoms with E-state index in [1.54, 1.807) is 0 Å². The molecule has 0 unspecified atom stereocenters. The minimum Gasteiger partial charge on any atom is -0.370 e. The van der Waals surface area contributed by atoms with E-state index in [2.05, 4.69) is 67.4 Å². The van der Waals surface area contributed by atoms with Gasteiger partial charge in [-0.2, -0.15) is 5.10 Å². The van der Waals surface area contributed by atoms with Gasteiger partial charge in [-0.05, 0) is 81.2 Å². The first-order chi connectivity index (χ1) is 15.0. The molecule has 0 atom stereocenters. The number of allylic oxidation sites excluding steroid dienone is 3. The van der Waals surface area contributed by atoms with Gasteiger partial charge < -0.3 is 10.6 Å². The smallest absolute Gasteiger partial charge is 0.246 e. The molecule has 31 heavy (non-hydrogen) atoms. The highest BCUT2D eigenvalue weighted by molar-refractivity contribution is 5.93. The molecule has 0 bridgehead atoms. The van der Waals surface area contributed by atoms with Gasteiger partial charge in [-0.1, -0.05) is 36.9 Å². The zero-order chi connectivity index (χ0) is 22.2. The molecule has 2 N–H and O–H groups in total. The van der Waals surface area contributed by atoms with Crippen molar-refractivity contribution in [3.05, 3.63) is 77.2 Å². The van der Waals surface area contributed by atoms with E-state index in [-0.39, 0.29) is 5.91 Å². The number of amides is 1. The number of hydrogen-bond donors (Lipinski definition) is 2. The van der Waals surface area contributed by atoms with Crippen LogP contribution in [0.1, 0.15) is 54.5 Å². The molecular formula is C26H34N4O. The number of nitrogens with one attached hydrogen (secondary N) is 2. The summed E-state index contributed by atoms with van der Waals surface area (Å²) in [5.74, 6) is 1.02. The lowest BCUT2D eigenvalue weighted by molar-refractivity contribution is -0.117. The van der Waals surface area contributed by atoms with Crippen molar-refractivity contribution in [2.45, 2.75) is 52.9 Å². The molecule has 2 aromatic rings. The Balaban J connectivity index is 1.59. The Labute approximate surface area is 185 Å². The fourth-order valence-corrected chi connectivity index (χ4v) is 3.76. The molecule has 5 nitrogen and oxygen atoms in total. The largest absolute Gasteiger partial charge is 0.370 e. The van der Waals surface area contributed by atoms with Crippen LogP contribution in [0.5, 0.6) is 0 Å². The maximum Gasteiger partial charge on any atom is 0.246 e. The lowest BCUT2D eigenvalue weighted by atomic mass is 10.0. The number of unbranched alkanes of at least 4 members (excludes halogenated alkanes) is 1. The maximum atomic E-state index is 12.1. The van der Waals surface area contributed by atoms with E-state index in [4.69, 9.17) is 0 Å². The molecule has 0 spiro atoms. The molecule has 5 heteroatoms. The normalized spacial score (nSPS) is 13.8. The minimum atomic E-state index is 0.100. The number of aromatic nitrogens is 2. The van der Waals surface area contributed by atoms with Crippen LogP contribution in [0.25, 0.3) is 11.4 Å². The summed E-state index contributed by atoms with van der Waals surface area (Å²) in [6.07, 6.45) is 10.9. The van der Waals surface area contributed by atoms with Crippen molar-refractivity contribution in [1.82, 2.24) is 20.4 Å². The van der Waals surface area contributed by atoms with Gasteiger partial charge in [-0.25, -0.2) is 4.68 Å². The zero-order valence-electron chi connectivity index (χ0n) is 19.0. The predicted molar refractivity (Wildman–Crippen MR) is 128 cm³/mol. The second-order valence-corrected chi connectivity index (χ2v) is 8.21. The first kappa shape index (κ1) is 22.6. The summed E-state index contributed by atoms with van der Waals surface area (Å²) in [6, 6.07) is 8.27. The number of rotatable bonds is 10. The van der Waals surface area contributed by atoms with Crippen molar-refractivity contribution in [3.63, 3.8) is 0 Å². The Hall–Kier alpha value is -3.08. The zero-order valence-corrected chi connectivity index (χ0v) is 19.0. The highest BCUT2D eigenvalue weighted by atomic mass is 16.1. The lowest BCUT2D eigenvalue weighted by Crippen LogP contribution is -2.26. The molecule has 3 rings (SSSR count). The number of carbonyl (C=O) groups excluding carboxylic acids is 1. The van der Waals surface area contributed by atoms with Crippen molar-refractivity contribution < 1.29 is 4.79 Å². The van der Waals surface area contributed by atoms with E-state index in [9.17, 15) is 4.79 Å². The van der Waals surface area contributed by atoms with E-state index in [0.29, 0.717) is 6.54 Å². The Morgan fingerprint density at radius 3 is 2.52 bits per heavy atom. The van der Waals surface area contributed by atoms with Crippen LogP contribution in [0.15, 0.2) is 54.8 Å². The van der Waals surface area contributed by atoms with Gasteiger partial charge in [-0.3, -0.25) is 4.79 Å². The summed E-state index contributed by atoms with van der Waals surface area (Å²) >= 11 is 0. The molecule has 1 aromatic carbocycles. The number of hydrogen-bond acceptors (Lipinski definition) is 3. The lowest BCUT2D eigenvalue weighted by Gasteiger charge is -2.15. The monoisotopic (exact) mass is 418 g/mol. The van der Waals surface area contributed by atoms with Crippen LogP contribution < -0.4 is 10.6 Å². The van der Waals surface area contributed by atoms with Gasteiger partial charge in [0, 0.05) is 24.4 Å². The Morgan fingerprint density at radius 1 is 1.13 bits per heavy atom. The average Bonchev–Trinajstić information content (AvgIpc) is 3.41. The fourth-order valence-electron chi connectivity index (χ4n) is 3.76. The standard InChI is InChI=1S/C26H34N4O/c1-19-11-5-8-14-24(19)20(2)17-25(30-22(4)21(3)18-29-30)27-15-9-10-16-28-26(31)23-12-6-7-13-23/h5,8,11-12,14,17-18,27H,2,6-7,9-10,13,15-16H2,1,3-4H3,(H,28,31)/b25-17-. The van der Waals surface area contributed by atoms with E-state index in [1.165, 1.54) is 5.56 Å². The van der Waals surface area contributed by atoms with Crippen molar-refractivity contribution in [3.8, 4) is 0 Å². The van der Waals surface area contributed by atoms with Crippen LogP contribution >= 0.6 is 0 Å². The van der Waals surface area contributed by atoms with Crippen molar-refractivity contribution in [1.29, 1.82) is 0 Å². The number of carbonyl (C=O) groups is 1. The Bertz CT molecular complexity index is 997. The predicted octanol–water partition coefficient (Wildman–Crippen LogP) is 4.92. The molecular weight excluding hydrogens is 384 g/mol. The van der Waals surface area contributed by atoms with E-state index in [1.807, 2.05) is 23.0 Å². The van der Waals surface area contributed by atoms with E-state index < -0.39 is 0 Å². The van der Waals surface area contributed by atoms with E-state index >= 15 is 0 Å². The van der Waals surface area contributed by atoms with Gasteiger partial charge in [0.2, 0.25) is 5.91 Å². The van der Waals surface area contributed by atoms with E-state index in [0.717, 1.165) is 72.4 Å². The second-order valence-electron chi connectivity index (χ2n) is 8.21. The van der Waals surface area contributed by atoms with Gasteiger partial charge in [0.25, 0.3) is 0 Å². The van der Waals surface area contributed by atoms with Gasteiger partial charge in [0.05, 0.1) is 6.20 Å². The Morgan fingerprint density at radius 2 is 1.87 bits per heavy atom. The summed E-state index contributed by atoms with van der Waals surface area (Å²) < 4.78 is 1.94. The summed E-state index contributed by atoms with van der Waals surface area (Å²) in [7, 11) is 0. The van der Waals surface area contributed by atoms with Crippen LogP contribution in [0.2, 0.25) is 0 Å². The number of aryl methyl sites for hydroxylation is 2. The highest BCUT2D eigenvalue weighted by Crippen LogP contribution is 2.21. The molecule has 1 aromatic heterocycles. The van der Waals surface area contributed by atoms with Gasteiger partial charge in [0.1, 0.15) is 5.82 Å². The molecule has 0 saturated heterocycles. The molecule has 1 aliphatic carbocycles. The molecule has 0 saturated carbocycles. The van der Waals surface area contributed by atoms with Crippen LogP contribution in [0, 0.1) is 20.8 Å². The summed E-state index contributed by atoms with van der Waals surface area (Å²) in [5.41, 5.74) is 6.48. The topological polar surface area (TPSA) is 58.9 Å². The molecule has 1 aliphatic rings. The third kappa shape index (κ3) is 5.97. The quantitative estimate of drug-likeness (QED) is 0.425. The highest BCUT2D eigenvalue weighted by Gasteiger charge is 2.12. The summed E-state index contributed by atoms with van der Waals surface area (Å²) in [5, 5.41) is 11.1. The third-order valence-corrected chi connectivity index (χ3v) is 5.81. The Kier molecular flexibility index (Phi) is 7.88. The molecule has 0 fully saturated rings. The number of nitrogens with zero attached hydrogens (tertiary/aromatic N) is 2. The fraction of sp³-hybridized carbons (Fsp3) is 0.385. The average molecular weight is 419 g/mol.